The molecule has 0 bridgehead atoms. The van der Waals surface area contributed by atoms with Crippen molar-refractivity contribution in [3.05, 3.63) is 18.0 Å². The lowest BCUT2D eigenvalue weighted by Gasteiger charge is -2.14. The molecule has 6 nitrogen and oxygen atoms in total. The van der Waals surface area contributed by atoms with Crippen molar-refractivity contribution >= 4 is 6.03 Å². The Morgan fingerprint density at radius 3 is 2.79 bits per heavy atom. The molecule has 0 aliphatic carbocycles. The topological polar surface area (TPSA) is 76.1 Å². The molecule has 1 atom stereocenters. The summed E-state index contributed by atoms with van der Waals surface area (Å²) in [6.45, 7) is 2.64. The Morgan fingerprint density at radius 1 is 1.38 bits per heavy atom. The number of hydrogen-bond acceptors (Lipinski definition) is 4. The molecule has 136 valence electrons. The van der Waals surface area contributed by atoms with Gasteiger partial charge in [-0.25, -0.2) is 9.78 Å². The van der Waals surface area contributed by atoms with Crippen molar-refractivity contribution in [3.63, 3.8) is 0 Å². The lowest BCUT2D eigenvalue weighted by molar-refractivity contribution is -0.154. The standard InChI is InChI=1S/C15H23F3N4O2/c1-3-4-5-6-11(2)21-13(23)20-9-12-7-8-19-14(22-12)24-10-15(16,17)18/h7-8,11H,3-6,9-10H2,1-2H3,(H2,20,21,23). The number of carbonyl (C=O) groups is 1. The van der Waals surface area contributed by atoms with Crippen LogP contribution in [0.2, 0.25) is 0 Å². The van der Waals surface area contributed by atoms with Crippen LogP contribution in [0.1, 0.15) is 45.2 Å². The number of carbonyl (C=O) groups excluding carboxylic acids is 1. The van der Waals surface area contributed by atoms with Gasteiger partial charge < -0.3 is 15.4 Å². The van der Waals surface area contributed by atoms with Crippen LogP contribution in [-0.2, 0) is 6.54 Å². The number of aromatic nitrogens is 2. The van der Waals surface area contributed by atoms with Crippen molar-refractivity contribution in [3.8, 4) is 6.01 Å². The number of unbranched alkanes of at least 4 members (excludes halogenated alkanes) is 2. The fraction of sp³-hybridized carbons (Fsp3) is 0.667. The van der Waals surface area contributed by atoms with Gasteiger partial charge in [0.15, 0.2) is 6.61 Å². The summed E-state index contributed by atoms with van der Waals surface area (Å²) in [5.74, 6) is 0. The van der Waals surface area contributed by atoms with Gasteiger partial charge in [0.1, 0.15) is 0 Å². The van der Waals surface area contributed by atoms with Crippen LogP contribution < -0.4 is 15.4 Å². The molecule has 1 heterocycles. The SMILES string of the molecule is CCCCCC(C)NC(=O)NCc1ccnc(OCC(F)(F)F)n1. The van der Waals surface area contributed by atoms with Crippen molar-refractivity contribution in [2.24, 2.45) is 0 Å². The average Bonchev–Trinajstić information content (AvgIpc) is 2.51. The van der Waals surface area contributed by atoms with Gasteiger partial charge in [-0.2, -0.15) is 18.2 Å². The van der Waals surface area contributed by atoms with E-state index in [4.69, 9.17) is 0 Å². The summed E-state index contributed by atoms with van der Waals surface area (Å²) in [5, 5.41) is 5.40. The maximum absolute atomic E-state index is 12.1. The third kappa shape index (κ3) is 9.16. The number of rotatable bonds is 9. The third-order valence-corrected chi connectivity index (χ3v) is 3.10. The first kappa shape index (κ1) is 20.0. The van der Waals surface area contributed by atoms with Gasteiger partial charge in [-0.15, -0.1) is 0 Å². The van der Waals surface area contributed by atoms with E-state index in [1.54, 1.807) is 0 Å². The van der Waals surface area contributed by atoms with Crippen LogP contribution in [0.3, 0.4) is 0 Å². The predicted molar refractivity (Wildman–Crippen MR) is 82.6 cm³/mol. The Hall–Kier alpha value is -2.06. The van der Waals surface area contributed by atoms with Crippen LogP contribution in [0, 0.1) is 0 Å². The molecule has 0 saturated heterocycles. The van der Waals surface area contributed by atoms with E-state index in [2.05, 4.69) is 32.3 Å². The van der Waals surface area contributed by atoms with Crippen molar-refractivity contribution in [1.82, 2.24) is 20.6 Å². The van der Waals surface area contributed by atoms with Crippen molar-refractivity contribution in [2.75, 3.05) is 6.61 Å². The van der Waals surface area contributed by atoms with Crippen LogP contribution in [0.5, 0.6) is 6.01 Å². The van der Waals surface area contributed by atoms with E-state index in [1.807, 2.05) is 6.92 Å². The summed E-state index contributed by atoms with van der Waals surface area (Å²) >= 11 is 0. The summed E-state index contributed by atoms with van der Waals surface area (Å²) in [5.41, 5.74) is 0.357. The first-order valence-corrected chi connectivity index (χ1v) is 7.86. The van der Waals surface area contributed by atoms with Crippen LogP contribution in [0.15, 0.2) is 12.3 Å². The van der Waals surface area contributed by atoms with Gasteiger partial charge in [0, 0.05) is 12.2 Å². The predicted octanol–water partition coefficient (Wildman–Crippen LogP) is 3.19. The molecule has 0 aliphatic rings. The molecule has 0 fully saturated rings. The maximum Gasteiger partial charge on any atom is 0.422 e. The van der Waals surface area contributed by atoms with E-state index in [1.165, 1.54) is 12.3 Å². The zero-order valence-electron chi connectivity index (χ0n) is 13.8. The van der Waals surface area contributed by atoms with E-state index in [0.717, 1.165) is 25.7 Å². The number of halogens is 3. The quantitative estimate of drug-likeness (QED) is 0.672. The van der Waals surface area contributed by atoms with E-state index in [-0.39, 0.29) is 24.6 Å². The van der Waals surface area contributed by atoms with Gasteiger partial charge in [0.2, 0.25) is 0 Å². The molecule has 0 spiro atoms. The number of ether oxygens (including phenoxy) is 1. The van der Waals surface area contributed by atoms with E-state index in [0.29, 0.717) is 5.69 Å². The van der Waals surface area contributed by atoms with Crippen LogP contribution in [0.4, 0.5) is 18.0 Å². The van der Waals surface area contributed by atoms with Gasteiger partial charge in [0.05, 0.1) is 12.2 Å². The summed E-state index contributed by atoms with van der Waals surface area (Å²) < 4.78 is 40.7. The zero-order valence-corrected chi connectivity index (χ0v) is 13.8. The largest absolute Gasteiger partial charge is 0.454 e. The Morgan fingerprint density at radius 2 is 2.12 bits per heavy atom. The van der Waals surface area contributed by atoms with Gasteiger partial charge in [-0.1, -0.05) is 26.2 Å². The number of hydrogen-bond donors (Lipinski definition) is 2. The lowest BCUT2D eigenvalue weighted by Crippen LogP contribution is -2.40. The Kier molecular flexibility index (Phi) is 8.28. The van der Waals surface area contributed by atoms with E-state index >= 15 is 0 Å². The van der Waals surface area contributed by atoms with Gasteiger partial charge in [-0.05, 0) is 19.4 Å². The molecule has 2 N–H and O–H groups in total. The number of nitrogens with zero attached hydrogens (tertiary/aromatic N) is 2. The van der Waals surface area contributed by atoms with Crippen molar-refractivity contribution in [2.45, 2.75) is 58.3 Å². The molecule has 1 aromatic heterocycles. The molecular formula is C15H23F3N4O2. The number of amides is 2. The second-order valence-electron chi connectivity index (χ2n) is 5.46. The van der Waals surface area contributed by atoms with E-state index < -0.39 is 12.8 Å². The molecule has 1 aromatic rings. The van der Waals surface area contributed by atoms with Crippen molar-refractivity contribution in [1.29, 1.82) is 0 Å². The molecule has 0 saturated carbocycles. The lowest BCUT2D eigenvalue weighted by atomic mass is 10.1. The smallest absolute Gasteiger partial charge is 0.422 e. The molecule has 0 radical (unpaired) electrons. The number of urea groups is 1. The third-order valence-electron chi connectivity index (χ3n) is 3.10. The summed E-state index contributed by atoms with van der Waals surface area (Å²) in [7, 11) is 0. The Labute approximate surface area is 139 Å². The highest BCUT2D eigenvalue weighted by atomic mass is 19.4. The van der Waals surface area contributed by atoms with Crippen molar-refractivity contribution < 1.29 is 22.7 Å². The number of nitrogens with one attached hydrogen (secondary N) is 2. The summed E-state index contributed by atoms with van der Waals surface area (Å²) in [4.78, 5) is 19.2. The molecule has 9 heteroatoms. The minimum atomic E-state index is -4.45. The molecule has 0 aromatic carbocycles. The summed E-state index contributed by atoms with van der Waals surface area (Å²) in [6, 6.07) is 0.814. The highest BCUT2D eigenvalue weighted by Crippen LogP contribution is 2.15. The number of alkyl halides is 3. The van der Waals surface area contributed by atoms with Gasteiger partial charge in [-0.3, -0.25) is 0 Å². The molecule has 24 heavy (non-hydrogen) atoms. The zero-order chi connectivity index (χ0) is 18.0. The van der Waals surface area contributed by atoms with Crippen LogP contribution in [-0.4, -0.2) is 34.8 Å². The van der Waals surface area contributed by atoms with Gasteiger partial charge in [0.25, 0.3) is 0 Å². The summed E-state index contributed by atoms with van der Waals surface area (Å²) in [6.07, 6.45) is 1.00. The first-order valence-electron chi connectivity index (χ1n) is 7.86. The molecule has 1 unspecified atom stereocenters. The minimum Gasteiger partial charge on any atom is -0.454 e. The monoisotopic (exact) mass is 348 g/mol. The highest BCUT2D eigenvalue weighted by Gasteiger charge is 2.28. The fourth-order valence-corrected chi connectivity index (χ4v) is 1.91. The van der Waals surface area contributed by atoms with E-state index in [9.17, 15) is 18.0 Å². The van der Waals surface area contributed by atoms with Crippen LogP contribution >= 0.6 is 0 Å². The normalized spacial score (nSPS) is 12.5. The Bertz CT molecular complexity index is 512. The fourth-order valence-electron chi connectivity index (χ4n) is 1.91. The highest BCUT2D eigenvalue weighted by molar-refractivity contribution is 5.74. The molecule has 0 aliphatic heterocycles. The van der Waals surface area contributed by atoms with Gasteiger partial charge >= 0.3 is 18.2 Å². The minimum absolute atomic E-state index is 0.0487. The average molecular weight is 348 g/mol. The molecule has 2 amide bonds. The molecule has 1 rings (SSSR count). The van der Waals surface area contributed by atoms with Crippen LogP contribution in [0.25, 0.3) is 0 Å². The second-order valence-corrected chi connectivity index (χ2v) is 5.46. The second kappa shape index (κ2) is 9.94. The molecular weight excluding hydrogens is 325 g/mol. The maximum atomic E-state index is 12.1. The first-order chi connectivity index (χ1) is 11.3. The Balaban J connectivity index is 2.37.